The first-order chi connectivity index (χ1) is 9.95. The second-order valence-corrected chi connectivity index (χ2v) is 6.07. The summed E-state index contributed by atoms with van der Waals surface area (Å²) in [5, 5.41) is 11.4. The van der Waals surface area contributed by atoms with Crippen molar-refractivity contribution in [3.63, 3.8) is 0 Å². The van der Waals surface area contributed by atoms with Crippen molar-refractivity contribution in [2.75, 3.05) is 5.75 Å². The summed E-state index contributed by atoms with van der Waals surface area (Å²) in [6, 6.07) is 0.101. The summed E-state index contributed by atoms with van der Waals surface area (Å²) < 4.78 is 7.00. The molecule has 2 aromatic rings. The van der Waals surface area contributed by atoms with Crippen LogP contribution in [-0.4, -0.2) is 37.5 Å². The summed E-state index contributed by atoms with van der Waals surface area (Å²) in [7, 11) is 0. The SMILES string of the molecule is CC(C)NC(=O)CSc1nnc(Cn2cnc(Cl)c2Cl)o1. The van der Waals surface area contributed by atoms with E-state index in [-0.39, 0.29) is 29.4 Å². The quantitative estimate of drug-likeness (QED) is 0.804. The van der Waals surface area contributed by atoms with Crippen molar-refractivity contribution in [3.8, 4) is 0 Å². The molecule has 2 heterocycles. The second kappa shape index (κ2) is 7.15. The molecule has 0 bridgehead atoms. The van der Waals surface area contributed by atoms with Crippen LogP contribution in [0.15, 0.2) is 16.0 Å². The molecule has 0 atom stereocenters. The maximum absolute atomic E-state index is 11.5. The lowest BCUT2D eigenvalue weighted by molar-refractivity contribution is -0.119. The highest BCUT2D eigenvalue weighted by Crippen LogP contribution is 2.21. The zero-order valence-electron chi connectivity index (χ0n) is 11.3. The van der Waals surface area contributed by atoms with Crippen LogP contribution in [0.25, 0.3) is 0 Å². The van der Waals surface area contributed by atoms with Crippen LogP contribution in [0.1, 0.15) is 19.7 Å². The standard InChI is InChI=1S/C11H13Cl2N5O2S/c1-6(2)15-7(19)4-21-11-17-16-8(20-11)3-18-5-14-9(12)10(18)13/h5-6H,3-4H2,1-2H3,(H,15,19). The lowest BCUT2D eigenvalue weighted by Crippen LogP contribution is -2.31. The number of rotatable bonds is 6. The molecule has 1 N–H and O–H groups in total. The van der Waals surface area contributed by atoms with Gasteiger partial charge in [0.2, 0.25) is 11.8 Å². The number of carbonyl (C=O) groups is 1. The monoisotopic (exact) mass is 349 g/mol. The number of hydrogen-bond donors (Lipinski definition) is 1. The summed E-state index contributed by atoms with van der Waals surface area (Å²) in [6.45, 7) is 4.06. The predicted molar refractivity (Wildman–Crippen MR) is 79.6 cm³/mol. The minimum atomic E-state index is -0.0841. The molecule has 2 rings (SSSR count). The van der Waals surface area contributed by atoms with Crippen molar-refractivity contribution >= 4 is 40.9 Å². The molecule has 114 valence electrons. The fourth-order valence-electron chi connectivity index (χ4n) is 1.45. The van der Waals surface area contributed by atoms with Crippen molar-refractivity contribution in [1.82, 2.24) is 25.1 Å². The molecule has 0 aliphatic rings. The Balaban J connectivity index is 1.90. The van der Waals surface area contributed by atoms with Gasteiger partial charge in [-0.2, -0.15) is 0 Å². The van der Waals surface area contributed by atoms with E-state index in [1.807, 2.05) is 13.8 Å². The lowest BCUT2D eigenvalue weighted by atomic mass is 10.4. The normalized spacial score (nSPS) is 11.1. The van der Waals surface area contributed by atoms with Gasteiger partial charge in [-0.1, -0.05) is 35.0 Å². The lowest BCUT2D eigenvalue weighted by Gasteiger charge is -2.06. The maximum Gasteiger partial charge on any atom is 0.277 e. The van der Waals surface area contributed by atoms with E-state index in [2.05, 4.69) is 20.5 Å². The minimum Gasteiger partial charge on any atom is -0.414 e. The summed E-state index contributed by atoms with van der Waals surface area (Å²) in [6.07, 6.45) is 1.48. The molecule has 0 unspecified atom stereocenters. The Hall–Kier alpha value is -1.25. The molecule has 0 saturated carbocycles. The summed E-state index contributed by atoms with van der Waals surface area (Å²) in [5.41, 5.74) is 0. The van der Waals surface area contributed by atoms with Gasteiger partial charge in [0.05, 0.1) is 12.1 Å². The van der Waals surface area contributed by atoms with Gasteiger partial charge in [0.15, 0.2) is 5.15 Å². The number of amides is 1. The molecule has 0 aliphatic heterocycles. The van der Waals surface area contributed by atoms with E-state index in [9.17, 15) is 4.79 Å². The number of hydrogen-bond acceptors (Lipinski definition) is 6. The van der Waals surface area contributed by atoms with Gasteiger partial charge in [0, 0.05) is 6.04 Å². The van der Waals surface area contributed by atoms with E-state index in [0.29, 0.717) is 16.3 Å². The topological polar surface area (TPSA) is 85.8 Å². The van der Waals surface area contributed by atoms with Crippen LogP contribution in [0.4, 0.5) is 0 Å². The number of aromatic nitrogens is 4. The first kappa shape index (κ1) is 16.1. The summed E-state index contributed by atoms with van der Waals surface area (Å²) in [5.74, 6) is 0.495. The van der Waals surface area contributed by atoms with Gasteiger partial charge in [-0.05, 0) is 13.8 Å². The fraction of sp³-hybridized carbons (Fsp3) is 0.455. The third kappa shape index (κ3) is 4.62. The van der Waals surface area contributed by atoms with Gasteiger partial charge < -0.3 is 14.3 Å². The molecule has 0 aliphatic carbocycles. The third-order valence-electron chi connectivity index (χ3n) is 2.26. The predicted octanol–water partition coefficient (Wildman–Crippen LogP) is 2.24. The molecule has 0 fully saturated rings. The van der Waals surface area contributed by atoms with Crippen molar-refractivity contribution in [2.24, 2.45) is 0 Å². The number of carbonyl (C=O) groups excluding carboxylic acids is 1. The Morgan fingerprint density at radius 1 is 1.48 bits per heavy atom. The molecule has 1 amide bonds. The molecular weight excluding hydrogens is 337 g/mol. The van der Waals surface area contributed by atoms with Crippen molar-refractivity contribution in [3.05, 3.63) is 22.5 Å². The molecule has 7 nitrogen and oxygen atoms in total. The number of imidazole rings is 1. The van der Waals surface area contributed by atoms with Gasteiger partial charge >= 0.3 is 0 Å². The van der Waals surface area contributed by atoms with Crippen molar-refractivity contribution < 1.29 is 9.21 Å². The molecule has 21 heavy (non-hydrogen) atoms. The number of nitrogens with zero attached hydrogens (tertiary/aromatic N) is 4. The number of nitrogens with one attached hydrogen (secondary N) is 1. The van der Waals surface area contributed by atoms with Crippen LogP contribution in [0.5, 0.6) is 0 Å². The van der Waals surface area contributed by atoms with E-state index in [0.717, 1.165) is 0 Å². The molecule has 0 saturated heterocycles. The Labute approximate surface area is 135 Å². The van der Waals surface area contributed by atoms with Crippen LogP contribution in [0.2, 0.25) is 10.3 Å². The average molecular weight is 350 g/mol. The molecule has 10 heteroatoms. The molecule has 0 spiro atoms. The van der Waals surface area contributed by atoms with Gasteiger partial charge in [-0.3, -0.25) is 4.79 Å². The first-order valence-corrected chi connectivity index (χ1v) is 7.80. The largest absolute Gasteiger partial charge is 0.414 e. The molecular formula is C11H13Cl2N5O2S. The Kier molecular flexibility index (Phi) is 5.49. The zero-order valence-corrected chi connectivity index (χ0v) is 13.7. The van der Waals surface area contributed by atoms with E-state index in [1.54, 1.807) is 4.57 Å². The van der Waals surface area contributed by atoms with E-state index >= 15 is 0 Å². The Bertz CT molecular complexity index is 628. The third-order valence-corrected chi connectivity index (χ3v) is 3.85. The molecule has 0 aromatic carbocycles. The zero-order chi connectivity index (χ0) is 15.4. The summed E-state index contributed by atoms with van der Waals surface area (Å²) in [4.78, 5) is 15.4. The molecule has 2 aromatic heterocycles. The Morgan fingerprint density at radius 2 is 2.24 bits per heavy atom. The van der Waals surface area contributed by atoms with Gasteiger partial charge in [-0.15, -0.1) is 10.2 Å². The Morgan fingerprint density at radius 3 is 2.86 bits per heavy atom. The highest BCUT2D eigenvalue weighted by Gasteiger charge is 2.13. The van der Waals surface area contributed by atoms with Crippen LogP contribution in [0.3, 0.4) is 0 Å². The van der Waals surface area contributed by atoms with Gasteiger partial charge in [-0.25, -0.2) is 4.98 Å². The average Bonchev–Trinajstić information content (AvgIpc) is 2.98. The number of thioether (sulfide) groups is 1. The summed E-state index contributed by atoms with van der Waals surface area (Å²) >= 11 is 12.9. The second-order valence-electron chi connectivity index (χ2n) is 4.43. The van der Waals surface area contributed by atoms with Crippen LogP contribution in [-0.2, 0) is 11.3 Å². The van der Waals surface area contributed by atoms with Crippen molar-refractivity contribution in [2.45, 2.75) is 31.7 Å². The van der Waals surface area contributed by atoms with Crippen LogP contribution < -0.4 is 5.32 Å². The van der Waals surface area contributed by atoms with Crippen LogP contribution >= 0.6 is 35.0 Å². The fourth-order valence-corrected chi connectivity index (χ4v) is 2.35. The van der Waals surface area contributed by atoms with Crippen LogP contribution in [0, 0.1) is 0 Å². The number of halogens is 2. The first-order valence-electron chi connectivity index (χ1n) is 6.06. The van der Waals surface area contributed by atoms with E-state index < -0.39 is 0 Å². The van der Waals surface area contributed by atoms with E-state index in [4.69, 9.17) is 27.6 Å². The highest BCUT2D eigenvalue weighted by molar-refractivity contribution is 7.99. The molecule has 0 radical (unpaired) electrons. The van der Waals surface area contributed by atoms with Gasteiger partial charge in [0.1, 0.15) is 11.7 Å². The van der Waals surface area contributed by atoms with E-state index in [1.165, 1.54) is 18.1 Å². The minimum absolute atomic E-state index is 0.0841. The highest BCUT2D eigenvalue weighted by atomic mass is 35.5. The smallest absolute Gasteiger partial charge is 0.277 e. The maximum atomic E-state index is 11.5. The van der Waals surface area contributed by atoms with Gasteiger partial charge in [0.25, 0.3) is 5.22 Å². The van der Waals surface area contributed by atoms with Crippen molar-refractivity contribution in [1.29, 1.82) is 0 Å².